The maximum absolute atomic E-state index is 12.9. The van der Waals surface area contributed by atoms with Gasteiger partial charge < -0.3 is 0 Å². The standard InChI is InChI=1S/C14H20Cl3F3/c1-3-8-12(15,9-13(16,17)14(18,19)20)11-6-4-10(2)5-7-11/h4,11H,3,5-9H2,1-2H3. The van der Waals surface area contributed by atoms with Gasteiger partial charge in [0.1, 0.15) is 0 Å². The molecule has 0 aromatic heterocycles. The smallest absolute Gasteiger partial charge is 0.168 e. The van der Waals surface area contributed by atoms with Gasteiger partial charge in [-0.25, -0.2) is 0 Å². The Kier molecular flexibility index (Phi) is 6.14. The van der Waals surface area contributed by atoms with Crippen LogP contribution in [0.2, 0.25) is 0 Å². The maximum atomic E-state index is 12.9. The van der Waals surface area contributed by atoms with Gasteiger partial charge in [-0.2, -0.15) is 13.2 Å². The van der Waals surface area contributed by atoms with E-state index in [2.05, 4.69) is 6.08 Å². The van der Waals surface area contributed by atoms with Crippen LogP contribution in [0.5, 0.6) is 0 Å². The van der Waals surface area contributed by atoms with E-state index >= 15 is 0 Å². The number of hydrogen-bond donors (Lipinski definition) is 0. The van der Waals surface area contributed by atoms with Crippen LogP contribution in [0.25, 0.3) is 0 Å². The molecule has 0 aromatic rings. The van der Waals surface area contributed by atoms with E-state index in [1.807, 2.05) is 13.8 Å². The molecule has 0 amide bonds. The van der Waals surface area contributed by atoms with E-state index < -0.39 is 21.8 Å². The minimum absolute atomic E-state index is 0.0213. The van der Waals surface area contributed by atoms with Crippen molar-refractivity contribution in [1.29, 1.82) is 0 Å². The largest absolute Gasteiger partial charge is 0.421 e. The Balaban J connectivity index is 2.92. The van der Waals surface area contributed by atoms with E-state index in [9.17, 15) is 13.2 Å². The monoisotopic (exact) mass is 350 g/mol. The SMILES string of the molecule is CCCC(Cl)(CC(Cl)(Cl)C(F)(F)F)C1CC=C(C)CC1. The van der Waals surface area contributed by atoms with Gasteiger partial charge in [0.05, 0.1) is 4.87 Å². The van der Waals surface area contributed by atoms with E-state index in [0.29, 0.717) is 19.3 Å². The Morgan fingerprint density at radius 1 is 1.25 bits per heavy atom. The minimum Gasteiger partial charge on any atom is -0.168 e. The Morgan fingerprint density at radius 3 is 2.25 bits per heavy atom. The molecule has 2 atom stereocenters. The fourth-order valence-electron chi connectivity index (χ4n) is 2.76. The van der Waals surface area contributed by atoms with E-state index in [4.69, 9.17) is 34.8 Å². The summed E-state index contributed by atoms with van der Waals surface area (Å²) in [7, 11) is 0. The van der Waals surface area contributed by atoms with Crippen LogP contribution in [0.15, 0.2) is 11.6 Å². The zero-order chi connectivity index (χ0) is 15.6. The lowest BCUT2D eigenvalue weighted by Crippen LogP contribution is -2.44. The van der Waals surface area contributed by atoms with E-state index in [1.54, 1.807) is 0 Å². The Morgan fingerprint density at radius 2 is 1.85 bits per heavy atom. The lowest BCUT2D eigenvalue weighted by Gasteiger charge is -2.40. The van der Waals surface area contributed by atoms with Crippen LogP contribution in [0, 0.1) is 5.92 Å². The Labute approximate surface area is 133 Å². The molecule has 0 N–H and O–H groups in total. The van der Waals surface area contributed by atoms with Crippen molar-refractivity contribution in [2.45, 2.75) is 67.8 Å². The van der Waals surface area contributed by atoms with Crippen molar-refractivity contribution in [1.82, 2.24) is 0 Å². The third-order valence-electron chi connectivity index (χ3n) is 3.97. The van der Waals surface area contributed by atoms with Gasteiger partial charge in [-0.15, -0.1) is 11.6 Å². The predicted octanol–water partition coefficient (Wildman–Crippen LogP) is 6.64. The summed E-state index contributed by atoms with van der Waals surface area (Å²) >= 11 is 17.6. The van der Waals surface area contributed by atoms with Gasteiger partial charge >= 0.3 is 6.18 Å². The molecule has 0 radical (unpaired) electrons. The molecule has 1 rings (SSSR count). The fourth-order valence-corrected chi connectivity index (χ4v) is 3.96. The summed E-state index contributed by atoms with van der Waals surface area (Å²) in [5.41, 5.74) is 1.26. The topological polar surface area (TPSA) is 0 Å². The molecular weight excluding hydrogens is 332 g/mol. The molecule has 1 aliphatic rings. The Bertz CT molecular complexity index is 363. The fraction of sp³-hybridized carbons (Fsp3) is 0.857. The molecule has 2 unspecified atom stereocenters. The minimum atomic E-state index is -4.68. The molecule has 6 heteroatoms. The van der Waals surface area contributed by atoms with Crippen LogP contribution < -0.4 is 0 Å². The second-order valence-electron chi connectivity index (χ2n) is 5.69. The highest BCUT2D eigenvalue weighted by molar-refractivity contribution is 6.49. The van der Waals surface area contributed by atoms with Crippen molar-refractivity contribution < 1.29 is 13.2 Å². The van der Waals surface area contributed by atoms with Gasteiger partial charge in [0, 0.05) is 6.42 Å². The van der Waals surface area contributed by atoms with Crippen LogP contribution in [-0.2, 0) is 0 Å². The van der Waals surface area contributed by atoms with Crippen molar-refractivity contribution in [2.75, 3.05) is 0 Å². The number of alkyl halides is 6. The van der Waals surface area contributed by atoms with Crippen molar-refractivity contribution >= 4 is 34.8 Å². The van der Waals surface area contributed by atoms with Gasteiger partial charge in [-0.1, -0.05) is 48.2 Å². The summed E-state index contributed by atoms with van der Waals surface area (Å²) < 4.78 is 35.9. The first-order chi connectivity index (χ1) is 9.02. The van der Waals surface area contributed by atoms with Gasteiger partial charge in [0.2, 0.25) is 4.33 Å². The van der Waals surface area contributed by atoms with Crippen LogP contribution in [0.1, 0.15) is 52.4 Å². The highest BCUT2D eigenvalue weighted by Crippen LogP contribution is 2.52. The molecule has 0 saturated carbocycles. The number of rotatable bonds is 5. The highest BCUT2D eigenvalue weighted by atomic mass is 35.5. The average Bonchev–Trinajstić information content (AvgIpc) is 2.27. The molecule has 118 valence electrons. The first kappa shape index (κ1) is 18.4. The second kappa shape index (κ2) is 6.66. The molecule has 0 aromatic carbocycles. The lowest BCUT2D eigenvalue weighted by atomic mass is 9.76. The Hall–Kier alpha value is 0.400. The lowest BCUT2D eigenvalue weighted by molar-refractivity contribution is -0.145. The summed E-state index contributed by atoms with van der Waals surface area (Å²) in [6.45, 7) is 3.92. The van der Waals surface area contributed by atoms with Gasteiger partial charge in [-0.05, 0) is 38.5 Å². The molecule has 20 heavy (non-hydrogen) atoms. The molecule has 0 saturated heterocycles. The first-order valence-electron chi connectivity index (χ1n) is 6.81. The number of hydrogen-bond acceptors (Lipinski definition) is 0. The zero-order valence-corrected chi connectivity index (χ0v) is 13.9. The summed E-state index contributed by atoms with van der Waals surface area (Å²) in [6.07, 6.45) is 0.424. The van der Waals surface area contributed by atoms with Crippen LogP contribution in [0.4, 0.5) is 13.2 Å². The summed E-state index contributed by atoms with van der Waals surface area (Å²) in [4.78, 5) is -1.01. The van der Waals surface area contributed by atoms with Gasteiger partial charge in [-0.3, -0.25) is 0 Å². The van der Waals surface area contributed by atoms with E-state index in [1.165, 1.54) is 5.57 Å². The predicted molar refractivity (Wildman–Crippen MR) is 79.7 cm³/mol. The maximum Gasteiger partial charge on any atom is 0.421 e. The molecule has 1 aliphatic carbocycles. The highest BCUT2D eigenvalue weighted by Gasteiger charge is 2.57. The molecular formula is C14H20Cl3F3. The second-order valence-corrected chi connectivity index (χ2v) is 7.92. The number of allylic oxidation sites excluding steroid dienone is 2. The van der Waals surface area contributed by atoms with Gasteiger partial charge in [0.15, 0.2) is 0 Å². The molecule has 0 nitrogen and oxygen atoms in total. The molecule has 0 bridgehead atoms. The van der Waals surface area contributed by atoms with Crippen LogP contribution in [-0.4, -0.2) is 15.4 Å². The van der Waals surface area contributed by atoms with Crippen molar-refractivity contribution in [2.24, 2.45) is 5.92 Å². The first-order valence-corrected chi connectivity index (χ1v) is 7.94. The quantitative estimate of drug-likeness (QED) is 0.385. The molecule has 0 fully saturated rings. The van der Waals surface area contributed by atoms with E-state index in [0.717, 1.165) is 12.8 Å². The van der Waals surface area contributed by atoms with Crippen molar-refractivity contribution in [3.8, 4) is 0 Å². The molecule has 0 spiro atoms. The third kappa shape index (κ3) is 4.45. The van der Waals surface area contributed by atoms with Crippen molar-refractivity contribution in [3.05, 3.63) is 11.6 Å². The summed E-state index contributed by atoms with van der Waals surface area (Å²) in [5.74, 6) is -0.0213. The zero-order valence-electron chi connectivity index (χ0n) is 11.7. The molecule has 0 aliphatic heterocycles. The third-order valence-corrected chi connectivity index (χ3v) is 5.29. The van der Waals surface area contributed by atoms with Crippen molar-refractivity contribution in [3.63, 3.8) is 0 Å². The van der Waals surface area contributed by atoms with E-state index in [-0.39, 0.29) is 5.92 Å². The van der Waals surface area contributed by atoms with Crippen LogP contribution >= 0.6 is 34.8 Å². The summed E-state index contributed by atoms with van der Waals surface area (Å²) in [5, 5.41) is 0. The average molecular weight is 352 g/mol. The van der Waals surface area contributed by atoms with Crippen LogP contribution in [0.3, 0.4) is 0 Å². The summed E-state index contributed by atoms with van der Waals surface area (Å²) in [6, 6.07) is 0. The number of halogens is 6. The normalized spacial score (nSPS) is 24.2. The van der Waals surface area contributed by atoms with Gasteiger partial charge in [0.25, 0.3) is 0 Å². The molecule has 0 heterocycles.